The standard InChI is InChI=1S/C19H26FN3O3/c1-5-21-18(22-13-19(2,24)17-7-6-10-26-17)23(3)12-14-8-9-16(25-4)15(20)11-14/h6-11,24H,5,12-13H2,1-4H3,(H,21,22). The van der Waals surface area contributed by atoms with E-state index in [1.807, 2.05) is 18.9 Å². The zero-order chi connectivity index (χ0) is 19.2. The van der Waals surface area contributed by atoms with E-state index in [-0.39, 0.29) is 12.3 Å². The van der Waals surface area contributed by atoms with E-state index in [2.05, 4.69) is 10.3 Å². The molecular weight excluding hydrogens is 337 g/mol. The molecule has 0 fully saturated rings. The Morgan fingerprint density at radius 3 is 2.77 bits per heavy atom. The van der Waals surface area contributed by atoms with Gasteiger partial charge in [-0.25, -0.2) is 9.38 Å². The number of guanidine groups is 1. The summed E-state index contributed by atoms with van der Waals surface area (Å²) in [5, 5.41) is 13.7. The van der Waals surface area contributed by atoms with Gasteiger partial charge in [0, 0.05) is 20.1 Å². The molecule has 1 heterocycles. The van der Waals surface area contributed by atoms with E-state index < -0.39 is 11.4 Å². The molecule has 7 heteroatoms. The largest absolute Gasteiger partial charge is 0.494 e. The summed E-state index contributed by atoms with van der Waals surface area (Å²) in [4.78, 5) is 6.36. The van der Waals surface area contributed by atoms with Gasteiger partial charge in [-0.15, -0.1) is 0 Å². The second kappa shape index (κ2) is 8.71. The molecule has 142 valence electrons. The zero-order valence-corrected chi connectivity index (χ0v) is 15.6. The number of furan rings is 1. The summed E-state index contributed by atoms with van der Waals surface area (Å²) >= 11 is 0. The topological polar surface area (TPSA) is 70.2 Å². The van der Waals surface area contributed by atoms with E-state index in [4.69, 9.17) is 9.15 Å². The summed E-state index contributed by atoms with van der Waals surface area (Å²) in [6.45, 7) is 4.86. The maximum Gasteiger partial charge on any atom is 0.194 e. The number of rotatable bonds is 7. The number of nitrogens with zero attached hydrogens (tertiary/aromatic N) is 2. The molecule has 0 aliphatic rings. The summed E-state index contributed by atoms with van der Waals surface area (Å²) < 4.78 is 24.1. The molecule has 0 amide bonds. The number of aliphatic imine (C=N–C) groups is 1. The average Bonchev–Trinajstić information content (AvgIpc) is 3.14. The maximum absolute atomic E-state index is 13.9. The van der Waals surface area contributed by atoms with Crippen LogP contribution in [0.25, 0.3) is 0 Å². The van der Waals surface area contributed by atoms with Crippen LogP contribution in [0.5, 0.6) is 5.75 Å². The highest BCUT2D eigenvalue weighted by molar-refractivity contribution is 5.79. The van der Waals surface area contributed by atoms with Crippen LogP contribution in [0.3, 0.4) is 0 Å². The Morgan fingerprint density at radius 2 is 2.19 bits per heavy atom. The number of hydrogen-bond donors (Lipinski definition) is 2. The fourth-order valence-corrected chi connectivity index (χ4v) is 2.52. The lowest BCUT2D eigenvalue weighted by atomic mass is 10.0. The van der Waals surface area contributed by atoms with Crippen molar-refractivity contribution >= 4 is 5.96 Å². The van der Waals surface area contributed by atoms with Crippen molar-refractivity contribution in [3.8, 4) is 5.75 Å². The highest BCUT2D eigenvalue weighted by Crippen LogP contribution is 2.21. The van der Waals surface area contributed by atoms with Crippen molar-refractivity contribution in [3.05, 3.63) is 53.7 Å². The number of ether oxygens (including phenoxy) is 1. The Labute approximate surface area is 153 Å². The number of halogens is 1. The van der Waals surface area contributed by atoms with E-state index in [0.717, 1.165) is 5.56 Å². The predicted octanol–water partition coefficient (Wildman–Crippen LogP) is 2.73. The van der Waals surface area contributed by atoms with Gasteiger partial charge in [-0.1, -0.05) is 6.07 Å². The summed E-state index contributed by atoms with van der Waals surface area (Å²) in [5.74, 6) is 0.875. The quantitative estimate of drug-likeness (QED) is 0.585. The zero-order valence-electron chi connectivity index (χ0n) is 15.6. The molecule has 1 unspecified atom stereocenters. The summed E-state index contributed by atoms with van der Waals surface area (Å²) in [6, 6.07) is 8.29. The van der Waals surface area contributed by atoms with Crippen molar-refractivity contribution in [1.82, 2.24) is 10.2 Å². The highest BCUT2D eigenvalue weighted by Gasteiger charge is 2.26. The molecule has 1 atom stereocenters. The van der Waals surface area contributed by atoms with Gasteiger partial charge in [-0.2, -0.15) is 0 Å². The molecule has 1 aromatic heterocycles. The molecule has 0 bridgehead atoms. The SMILES string of the molecule is CCNC(=NCC(C)(O)c1ccco1)N(C)Cc1ccc(OC)c(F)c1. The molecular formula is C19H26FN3O3. The Hall–Kier alpha value is -2.54. The van der Waals surface area contributed by atoms with Gasteiger partial charge >= 0.3 is 0 Å². The lowest BCUT2D eigenvalue weighted by Gasteiger charge is -2.24. The smallest absolute Gasteiger partial charge is 0.194 e. The van der Waals surface area contributed by atoms with Crippen molar-refractivity contribution in [1.29, 1.82) is 0 Å². The minimum absolute atomic E-state index is 0.129. The van der Waals surface area contributed by atoms with E-state index >= 15 is 0 Å². The van der Waals surface area contributed by atoms with Gasteiger partial charge in [0.05, 0.1) is 19.9 Å². The Morgan fingerprint density at radius 1 is 1.42 bits per heavy atom. The monoisotopic (exact) mass is 363 g/mol. The number of benzene rings is 1. The molecule has 2 rings (SSSR count). The van der Waals surface area contributed by atoms with Crippen molar-refractivity contribution in [2.24, 2.45) is 4.99 Å². The molecule has 0 saturated carbocycles. The number of nitrogens with one attached hydrogen (secondary N) is 1. The van der Waals surface area contributed by atoms with Gasteiger partial charge in [-0.3, -0.25) is 0 Å². The van der Waals surface area contributed by atoms with Crippen molar-refractivity contribution in [2.45, 2.75) is 26.0 Å². The van der Waals surface area contributed by atoms with Crippen LogP contribution < -0.4 is 10.1 Å². The van der Waals surface area contributed by atoms with Gasteiger partial charge in [0.1, 0.15) is 11.4 Å². The van der Waals surface area contributed by atoms with Crippen LogP contribution in [0, 0.1) is 5.82 Å². The van der Waals surface area contributed by atoms with Crippen LogP contribution in [-0.4, -0.2) is 43.2 Å². The minimum Gasteiger partial charge on any atom is -0.494 e. The van der Waals surface area contributed by atoms with Crippen LogP contribution in [0.1, 0.15) is 25.2 Å². The van der Waals surface area contributed by atoms with E-state index in [0.29, 0.717) is 24.8 Å². The van der Waals surface area contributed by atoms with Gasteiger partial charge in [0.2, 0.25) is 0 Å². The molecule has 1 aromatic carbocycles. The van der Waals surface area contributed by atoms with Crippen LogP contribution >= 0.6 is 0 Å². The van der Waals surface area contributed by atoms with Crippen LogP contribution in [0.4, 0.5) is 4.39 Å². The fraction of sp³-hybridized carbons (Fsp3) is 0.421. The average molecular weight is 363 g/mol. The Balaban J connectivity index is 2.11. The first-order chi connectivity index (χ1) is 12.4. The summed E-state index contributed by atoms with van der Waals surface area (Å²) in [5.41, 5.74) is -0.425. The third-order valence-electron chi connectivity index (χ3n) is 3.92. The highest BCUT2D eigenvalue weighted by atomic mass is 19.1. The van der Waals surface area contributed by atoms with Crippen LogP contribution in [0.15, 0.2) is 46.0 Å². The lowest BCUT2D eigenvalue weighted by molar-refractivity contribution is 0.0435. The van der Waals surface area contributed by atoms with E-state index in [1.165, 1.54) is 19.4 Å². The second-order valence-electron chi connectivity index (χ2n) is 6.25. The molecule has 0 aliphatic carbocycles. The van der Waals surface area contributed by atoms with Crippen molar-refractivity contribution in [3.63, 3.8) is 0 Å². The van der Waals surface area contributed by atoms with Crippen molar-refractivity contribution in [2.75, 3.05) is 27.2 Å². The second-order valence-corrected chi connectivity index (χ2v) is 6.25. The van der Waals surface area contributed by atoms with E-state index in [9.17, 15) is 9.50 Å². The lowest BCUT2D eigenvalue weighted by Crippen LogP contribution is -2.39. The minimum atomic E-state index is -1.21. The number of methoxy groups -OCH3 is 1. The molecule has 0 spiro atoms. The molecule has 2 aromatic rings. The van der Waals surface area contributed by atoms with E-state index in [1.54, 1.807) is 31.2 Å². The van der Waals surface area contributed by atoms with Gasteiger partial charge in [-0.05, 0) is 43.7 Å². The normalized spacial score (nSPS) is 14.0. The van der Waals surface area contributed by atoms with Gasteiger partial charge in [0.15, 0.2) is 17.5 Å². The first-order valence-corrected chi connectivity index (χ1v) is 8.45. The van der Waals surface area contributed by atoms with Gasteiger partial charge in [0.25, 0.3) is 0 Å². The Bertz CT molecular complexity index is 730. The molecule has 2 N–H and O–H groups in total. The summed E-state index contributed by atoms with van der Waals surface area (Å²) in [7, 11) is 3.29. The van der Waals surface area contributed by atoms with Gasteiger partial charge < -0.3 is 24.5 Å². The molecule has 0 aliphatic heterocycles. The first kappa shape index (κ1) is 19.8. The number of hydrogen-bond acceptors (Lipinski definition) is 4. The molecule has 6 nitrogen and oxygen atoms in total. The first-order valence-electron chi connectivity index (χ1n) is 8.45. The Kier molecular flexibility index (Phi) is 6.63. The summed E-state index contributed by atoms with van der Waals surface area (Å²) in [6.07, 6.45) is 1.52. The molecule has 26 heavy (non-hydrogen) atoms. The molecule has 0 saturated heterocycles. The van der Waals surface area contributed by atoms with Crippen molar-refractivity contribution < 1.29 is 18.7 Å². The third kappa shape index (κ3) is 4.98. The third-order valence-corrected chi connectivity index (χ3v) is 3.92. The van der Waals surface area contributed by atoms with Crippen LogP contribution in [-0.2, 0) is 12.1 Å². The fourth-order valence-electron chi connectivity index (χ4n) is 2.52. The predicted molar refractivity (Wildman–Crippen MR) is 98.7 cm³/mol. The maximum atomic E-state index is 13.9. The van der Waals surface area contributed by atoms with Crippen LogP contribution in [0.2, 0.25) is 0 Å². The number of aliphatic hydroxyl groups is 1. The molecule has 0 radical (unpaired) electrons.